The van der Waals surface area contributed by atoms with Crippen LogP contribution in [-0.2, 0) is 31.2 Å². The molecule has 13 heteroatoms. The van der Waals surface area contributed by atoms with Gasteiger partial charge in [-0.3, -0.25) is 14.1 Å². The van der Waals surface area contributed by atoms with Crippen LogP contribution in [0.2, 0.25) is 0 Å². The number of benzene rings is 1. The standard InChI is InChI=1S/C17H19N5O6S2/c1-28-21-13(11-9-29-17(18)19-11)15(23)20-14-12(22(16(14)24)30(25,26)27)8-7-10-5-3-2-4-6-10/h2-6,9,12,14H,7-8H2,1H3,(H2,18,19)(H,20,23)(H,25,26,27)/t12-,14+/m0/s1. The number of carbonyl (C=O) groups is 2. The zero-order chi connectivity index (χ0) is 21.9. The van der Waals surface area contributed by atoms with E-state index in [9.17, 15) is 22.6 Å². The third-order valence-corrected chi connectivity index (χ3v) is 6.06. The quantitative estimate of drug-likeness (QED) is 0.221. The second kappa shape index (κ2) is 8.77. The molecule has 1 aliphatic heterocycles. The van der Waals surface area contributed by atoms with Crippen molar-refractivity contribution in [1.29, 1.82) is 0 Å². The third-order valence-electron chi connectivity index (χ3n) is 4.44. The van der Waals surface area contributed by atoms with E-state index in [1.807, 2.05) is 30.3 Å². The first-order valence-corrected chi connectivity index (χ1v) is 11.0. The molecule has 11 nitrogen and oxygen atoms in total. The van der Waals surface area contributed by atoms with Crippen molar-refractivity contribution in [3.63, 3.8) is 0 Å². The molecule has 0 aliphatic carbocycles. The highest BCUT2D eigenvalue weighted by Gasteiger charge is 2.53. The molecule has 3 rings (SSSR count). The number of nitrogens with one attached hydrogen (secondary N) is 1. The maximum atomic E-state index is 12.7. The molecule has 0 unspecified atom stereocenters. The smallest absolute Gasteiger partial charge is 0.362 e. The maximum Gasteiger partial charge on any atom is 0.362 e. The van der Waals surface area contributed by atoms with Crippen LogP contribution in [0.25, 0.3) is 0 Å². The van der Waals surface area contributed by atoms with Gasteiger partial charge < -0.3 is 15.9 Å². The Balaban J connectivity index is 1.78. The van der Waals surface area contributed by atoms with Crippen LogP contribution in [0.4, 0.5) is 5.13 Å². The summed E-state index contributed by atoms with van der Waals surface area (Å²) in [5.74, 6) is -1.74. The Morgan fingerprint density at radius 1 is 1.40 bits per heavy atom. The minimum absolute atomic E-state index is 0.149. The number of nitrogens with two attached hydrogens (primary N) is 1. The molecule has 2 amide bonds. The number of hydrogen-bond acceptors (Lipinski definition) is 9. The molecule has 2 aromatic rings. The first kappa shape index (κ1) is 21.7. The highest BCUT2D eigenvalue weighted by molar-refractivity contribution is 7.84. The van der Waals surface area contributed by atoms with Gasteiger partial charge in [-0.1, -0.05) is 35.5 Å². The molecule has 30 heavy (non-hydrogen) atoms. The van der Waals surface area contributed by atoms with E-state index in [4.69, 9.17) is 5.73 Å². The number of aryl methyl sites for hydroxylation is 1. The van der Waals surface area contributed by atoms with Gasteiger partial charge in [0.25, 0.3) is 11.8 Å². The predicted octanol–water partition coefficient (Wildman–Crippen LogP) is 0.207. The maximum absolute atomic E-state index is 12.7. The Morgan fingerprint density at radius 3 is 2.67 bits per heavy atom. The normalized spacial score (nSPS) is 19.3. The van der Waals surface area contributed by atoms with Crippen LogP contribution in [0.5, 0.6) is 0 Å². The fraction of sp³-hybridized carbons (Fsp3) is 0.294. The fourth-order valence-corrected chi connectivity index (χ4v) is 4.56. The highest BCUT2D eigenvalue weighted by atomic mass is 32.2. The van der Waals surface area contributed by atoms with Crippen LogP contribution < -0.4 is 11.1 Å². The number of oxime groups is 1. The van der Waals surface area contributed by atoms with Crippen molar-refractivity contribution >= 4 is 44.3 Å². The lowest BCUT2D eigenvalue weighted by atomic mass is 9.92. The number of nitrogens with zero attached hydrogens (tertiary/aromatic N) is 3. The molecule has 0 bridgehead atoms. The van der Waals surface area contributed by atoms with Gasteiger partial charge in [-0.25, -0.2) is 9.29 Å². The van der Waals surface area contributed by atoms with Crippen molar-refractivity contribution in [3.8, 4) is 0 Å². The van der Waals surface area contributed by atoms with Gasteiger partial charge in [0.2, 0.25) is 0 Å². The number of rotatable bonds is 8. The van der Waals surface area contributed by atoms with E-state index in [1.165, 1.54) is 12.5 Å². The number of hydrogen-bond donors (Lipinski definition) is 3. The Bertz CT molecular complexity index is 1070. The van der Waals surface area contributed by atoms with Crippen molar-refractivity contribution in [3.05, 3.63) is 47.0 Å². The number of β-lactam (4-membered cyclic amide) rings is 1. The van der Waals surface area contributed by atoms with Gasteiger partial charge in [0.15, 0.2) is 10.8 Å². The van der Waals surface area contributed by atoms with Gasteiger partial charge >= 0.3 is 10.3 Å². The van der Waals surface area contributed by atoms with E-state index < -0.39 is 34.2 Å². The van der Waals surface area contributed by atoms with Crippen LogP contribution in [-0.4, -0.2) is 59.0 Å². The summed E-state index contributed by atoms with van der Waals surface area (Å²) in [6.07, 6.45) is 0.625. The van der Waals surface area contributed by atoms with Crippen LogP contribution in [0, 0.1) is 0 Å². The molecule has 0 radical (unpaired) electrons. The predicted molar refractivity (Wildman–Crippen MR) is 109 cm³/mol. The van der Waals surface area contributed by atoms with Gasteiger partial charge in [-0.15, -0.1) is 11.3 Å². The van der Waals surface area contributed by atoms with Crippen LogP contribution >= 0.6 is 11.3 Å². The van der Waals surface area contributed by atoms with Crippen molar-refractivity contribution in [2.24, 2.45) is 5.16 Å². The Labute approximate surface area is 176 Å². The first-order valence-electron chi connectivity index (χ1n) is 8.70. The molecule has 160 valence electrons. The molecular weight excluding hydrogens is 434 g/mol. The molecule has 1 fully saturated rings. The summed E-state index contributed by atoms with van der Waals surface area (Å²) in [5, 5.41) is 7.79. The summed E-state index contributed by atoms with van der Waals surface area (Å²) in [5.41, 5.74) is 6.43. The molecule has 4 N–H and O–H groups in total. The van der Waals surface area contributed by atoms with Gasteiger partial charge in [0.05, 0.1) is 6.04 Å². The SMILES string of the molecule is CON=C(C(=O)N[C@H]1C(=O)N(S(=O)(=O)O)[C@H]1CCc1ccccc1)c1csc(N)n1. The minimum atomic E-state index is -4.77. The Morgan fingerprint density at radius 2 is 2.10 bits per heavy atom. The van der Waals surface area contributed by atoms with E-state index in [2.05, 4.69) is 20.3 Å². The largest absolute Gasteiger partial charge is 0.398 e. The van der Waals surface area contributed by atoms with Gasteiger partial charge in [-0.05, 0) is 18.4 Å². The van der Waals surface area contributed by atoms with E-state index in [0.717, 1.165) is 16.9 Å². The van der Waals surface area contributed by atoms with Crippen molar-refractivity contribution in [1.82, 2.24) is 14.6 Å². The lowest BCUT2D eigenvalue weighted by Gasteiger charge is -2.44. The summed E-state index contributed by atoms with van der Waals surface area (Å²) in [6, 6.07) is 7.07. The Kier molecular flexibility index (Phi) is 6.34. The third kappa shape index (κ3) is 4.58. The molecular formula is C17H19N5O6S2. The molecule has 1 saturated heterocycles. The fourth-order valence-electron chi connectivity index (χ4n) is 3.11. The summed E-state index contributed by atoms with van der Waals surface area (Å²) in [6.45, 7) is 0. The van der Waals surface area contributed by atoms with Crippen LogP contribution in [0.3, 0.4) is 0 Å². The van der Waals surface area contributed by atoms with Crippen LogP contribution in [0.1, 0.15) is 17.7 Å². The average molecular weight is 454 g/mol. The van der Waals surface area contributed by atoms with Crippen molar-refractivity contribution < 1.29 is 27.4 Å². The van der Waals surface area contributed by atoms with Crippen LogP contribution in [0.15, 0.2) is 40.9 Å². The molecule has 1 aliphatic rings. The highest BCUT2D eigenvalue weighted by Crippen LogP contribution is 2.27. The molecule has 0 spiro atoms. The second-order valence-electron chi connectivity index (χ2n) is 6.35. The number of thiazole rings is 1. The first-order chi connectivity index (χ1) is 14.2. The topological polar surface area (TPSA) is 164 Å². The summed E-state index contributed by atoms with van der Waals surface area (Å²) >= 11 is 1.09. The number of nitrogen functional groups attached to an aromatic ring is 1. The molecule has 0 saturated carbocycles. The number of aromatic nitrogens is 1. The molecule has 2 heterocycles. The molecule has 1 aromatic heterocycles. The van der Waals surface area contributed by atoms with Crippen molar-refractivity contribution in [2.75, 3.05) is 12.8 Å². The summed E-state index contributed by atoms with van der Waals surface area (Å²) < 4.78 is 33.0. The average Bonchev–Trinajstić information content (AvgIpc) is 3.12. The van der Waals surface area contributed by atoms with E-state index >= 15 is 0 Å². The van der Waals surface area contributed by atoms with E-state index in [0.29, 0.717) is 10.7 Å². The Hall–Kier alpha value is -3.03. The van der Waals surface area contributed by atoms with Gasteiger partial charge in [-0.2, -0.15) is 8.42 Å². The van der Waals surface area contributed by atoms with E-state index in [1.54, 1.807) is 0 Å². The molecule has 2 atom stereocenters. The van der Waals surface area contributed by atoms with Gasteiger partial charge in [0, 0.05) is 5.38 Å². The number of carbonyl (C=O) groups excluding carboxylic acids is 2. The monoisotopic (exact) mass is 453 g/mol. The lowest BCUT2D eigenvalue weighted by Crippen LogP contribution is -2.72. The zero-order valence-electron chi connectivity index (χ0n) is 15.8. The molecule has 1 aromatic carbocycles. The van der Waals surface area contributed by atoms with E-state index in [-0.39, 0.29) is 23.0 Å². The minimum Gasteiger partial charge on any atom is -0.398 e. The number of anilines is 1. The lowest BCUT2D eigenvalue weighted by molar-refractivity contribution is -0.145. The van der Waals surface area contributed by atoms with Crippen molar-refractivity contribution in [2.45, 2.75) is 24.9 Å². The second-order valence-corrected chi connectivity index (χ2v) is 8.53. The van der Waals surface area contributed by atoms with Gasteiger partial charge in [0.1, 0.15) is 18.8 Å². The summed E-state index contributed by atoms with van der Waals surface area (Å²) in [7, 11) is -3.53. The summed E-state index contributed by atoms with van der Waals surface area (Å²) in [4.78, 5) is 33.7. The zero-order valence-corrected chi connectivity index (χ0v) is 17.4. The number of amides is 2.